The fourth-order valence-corrected chi connectivity index (χ4v) is 3.75. The maximum Gasteiger partial charge on any atom is 0.329 e. The lowest BCUT2D eigenvalue weighted by atomic mass is 10.1. The maximum atomic E-state index is 12.5. The van der Waals surface area contributed by atoms with Crippen molar-refractivity contribution in [2.45, 2.75) is 32.1 Å². The summed E-state index contributed by atoms with van der Waals surface area (Å²) in [6.45, 7) is 2.89. The van der Waals surface area contributed by atoms with Gasteiger partial charge in [-0.05, 0) is 18.4 Å². The van der Waals surface area contributed by atoms with E-state index in [2.05, 4.69) is 9.97 Å². The molecule has 1 N–H and O–H groups in total. The molecule has 0 atom stereocenters. The number of fused-ring (bicyclic) bond motifs is 1. The molecular weight excluding hydrogens is 392 g/mol. The third-order valence-corrected chi connectivity index (χ3v) is 5.37. The molecule has 0 fully saturated rings. The van der Waals surface area contributed by atoms with Gasteiger partial charge in [0.1, 0.15) is 5.82 Å². The minimum Gasteiger partial charge on any atom is -0.465 e. The molecule has 0 aliphatic rings. The number of aromatic amines is 1. The standard InChI is InChI=1S/C20H24N4O4S/c1-3-11-28-16(25)13-29-12-15-21-18-17(19(26)22-20(27)23(18)2)24(15)10-9-14-7-5-4-6-8-14/h4-8H,3,9-13H2,1-2H3,(H,22,26,27). The maximum absolute atomic E-state index is 12.5. The Morgan fingerprint density at radius 3 is 2.72 bits per heavy atom. The number of hydrogen-bond acceptors (Lipinski definition) is 6. The van der Waals surface area contributed by atoms with Crippen LogP contribution in [0.1, 0.15) is 24.7 Å². The zero-order valence-corrected chi connectivity index (χ0v) is 17.3. The molecule has 0 saturated carbocycles. The first kappa shape index (κ1) is 20.9. The van der Waals surface area contributed by atoms with Crippen LogP contribution in [-0.4, -0.2) is 37.4 Å². The molecule has 0 saturated heterocycles. The molecule has 2 aromatic heterocycles. The van der Waals surface area contributed by atoms with Gasteiger partial charge in [-0.1, -0.05) is 37.3 Å². The molecule has 2 heterocycles. The average molecular weight is 417 g/mol. The number of thioether (sulfide) groups is 1. The molecular formula is C20H24N4O4S. The lowest BCUT2D eigenvalue weighted by molar-refractivity contribution is -0.140. The van der Waals surface area contributed by atoms with Gasteiger partial charge in [-0.3, -0.25) is 19.1 Å². The first-order valence-electron chi connectivity index (χ1n) is 9.47. The normalized spacial score (nSPS) is 11.1. The number of rotatable bonds is 9. The number of hydrogen-bond donors (Lipinski definition) is 1. The van der Waals surface area contributed by atoms with Crippen molar-refractivity contribution in [3.63, 3.8) is 0 Å². The lowest BCUT2D eigenvalue weighted by Crippen LogP contribution is -2.29. The van der Waals surface area contributed by atoms with Crippen molar-refractivity contribution in [2.24, 2.45) is 7.05 Å². The first-order chi connectivity index (χ1) is 14.0. The summed E-state index contributed by atoms with van der Waals surface area (Å²) in [7, 11) is 1.58. The number of imidazole rings is 1. The minimum absolute atomic E-state index is 0.206. The number of benzene rings is 1. The summed E-state index contributed by atoms with van der Waals surface area (Å²) in [5.41, 5.74) is 0.889. The molecule has 0 radical (unpaired) electrons. The Hall–Kier alpha value is -2.81. The predicted molar refractivity (Wildman–Crippen MR) is 113 cm³/mol. The monoisotopic (exact) mass is 416 g/mol. The van der Waals surface area contributed by atoms with E-state index >= 15 is 0 Å². The van der Waals surface area contributed by atoms with Gasteiger partial charge in [-0.15, -0.1) is 11.8 Å². The summed E-state index contributed by atoms with van der Waals surface area (Å²) in [6, 6.07) is 9.94. The van der Waals surface area contributed by atoms with Crippen LogP contribution in [0.2, 0.25) is 0 Å². The van der Waals surface area contributed by atoms with E-state index in [4.69, 9.17) is 4.74 Å². The molecule has 0 spiro atoms. The van der Waals surface area contributed by atoms with E-state index in [0.29, 0.717) is 42.3 Å². The van der Waals surface area contributed by atoms with Crippen LogP contribution >= 0.6 is 11.8 Å². The molecule has 154 valence electrons. The molecule has 29 heavy (non-hydrogen) atoms. The van der Waals surface area contributed by atoms with Crippen molar-refractivity contribution in [1.29, 1.82) is 0 Å². The quantitative estimate of drug-likeness (QED) is 0.535. The summed E-state index contributed by atoms with van der Waals surface area (Å²) in [4.78, 5) is 43.1. The third-order valence-electron chi connectivity index (χ3n) is 4.47. The molecule has 0 aliphatic heterocycles. The van der Waals surface area contributed by atoms with Crippen LogP contribution in [0.4, 0.5) is 0 Å². The van der Waals surface area contributed by atoms with Crippen molar-refractivity contribution < 1.29 is 9.53 Å². The predicted octanol–water partition coefficient (Wildman–Crippen LogP) is 1.85. The fourth-order valence-electron chi connectivity index (χ4n) is 3.00. The summed E-state index contributed by atoms with van der Waals surface area (Å²) >= 11 is 1.37. The van der Waals surface area contributed by atoms with Gasteiger partial charge in [-0.25, -0.2) is 9.78 Å². The highest BCUT2D eigenvalue weighted by Crippen LogP contribution is 2.18. The molecule has 3 rings (SSSR count). The van der Waals surface area contributed by atoms with Gasteiger partial charge < -0.3 is 9.30 Å². The lowest BCUT2D eigenvalue weighted by Gasteiger charge is -2.09. The number of carbonyl (C=O) groups excluding carboxylic acids is 1. The van der Waals surface area contributed by atoms with Crippen molar-refractivity contribution >= 4 is 28.9 Å². The van der Waals surface area contributed by atoms with E-state index < -0.39 is 11.2 Å². The zero-order valence-electron chi connectivity index (χ0n) is 16.5. The van der Waals surface area contributed by atoms with E-state index in [1.807, 2.05) is 41.8 Å². The fraction of sp³-hybridized carbons (Fsp3) is 0.400. The molecule has 0 bridgehead atoms. The van der Waals surface area contributed by atoms with Crippen LogP contribution < -0.4 is 11.2 Å². The summed E-state index contributed by atoms with van der Waals surface area (Å²) in [5.74, 6) is 1.01. The Morgan fingerprint density at radius 1 is 1.24 bits per heavy atom. The Morgan fingerprint density at radius 2 is 2.00 bits per heavy atom. The van der Waals surface area contributed by atoms with Gasteiger partial charge in [0.05, 0.1) is 18.1 Å². The zero-order chi connectivity index (χ0) is 20.8. The minimum atomic E-state index is -0.502. The largest absolute Gasteiger partial charge is 0.465 e. The Labute approximate surface area is 171 Å². The highest BCUT2D eigenvalue weighted by Gasteiger charge is 2.17. The van der Waals surface area contributed by atoms with E-state index in [0.717, 1.165) is 12.0 Å². The number of aryl methyl sites for hydroxylation is 3. The van der Waals surface area contributed by atoms with Crippen molar-refractivity contribution in [3.8, 4) is 0 Å². The third kappa shape index (κ3) is 4.97. The molecule has 8 nitrogen and oxygen atoms in total. The molecule has 9 heteroatoms. The summed E-state index contributed by atoms with van der Waals surface area (Å²) < 4.78 is 8.26. The number of nitrogens with zero attached hydrogens (tertiary/aromatic N) is 3. The summed E-state index contributed by atoms with van der Waals surface area (Å²) in [6.07, 6.45) is 1.49. The van der Waals surface area contributed by atoms with Crippen LogP contribution in [0.5, 0.6) is 0 Å². The number of esters is 1. The van der Waals surface area contributed by atoms with Crippen molar-refractivity contribution in [2.75, 3.05) is 12.4 Å². The van der Waals surface area contributed by atoms with Gasteiger partial charge in [0.2, 0.25) is 0 Å². The molecule has 0 unspecified atom stereocenters. The van der Waals surface area contributed by atoms with Crippen molar-refractivity contribution in [3.05, 3.63) is 62.6 Å². The van der Waals surface area contributed by atoms with Gasteiger partial charge in [0.15, 0.2) is 11.2 Å². The summed E-state index contributed by atoms with van der Waals surface area (Å²) in [5, 5.41) is 0. The van der Waals surface area contributed by atoms with Gasteiger partial charge in [0.25, 0.3) is 5.56 Å². The smallest absolute Gasteiger partial charge is 0.329 e. The number of aromatic nitrogens is 4. The van der Waals surface area contributed by atoms with Crippen LogP contribution in [0, 0.1) is 0 Å². The number of H-pyrrole nitrogens is 1. The topological polar surface area (TPSA) is 99.0 Å². The highest BCUT2D eigenvalue weighted by atomic mass is 32.2. The molecule has 0 amide bonds. The van der Waals surface area contributed by atoms with Crippen molar-refractivity contribution in [1.82, 2.24) is 19.1 Å². The van der Waals surface area contributed by atoms with E-state index in [9.17, 15) is 14.4 Å². The van der Waals surface area contributed by atoms with Crippen LogP contribution in [0.3, 0.4) is 0 Å². The number of nitrogens with one attached hydrogen (secondary N) is 1. The first-order valence-corrected chi connectivity index (χ1v) is 10.6. The molecule has 1 aromatic carbocycles. The van der Waals surface area contributed by atoms with Crippen LogP contribution in [0.25, 0.3) is 11.2 Å². The SMILES string of the molecule is CCCOC(=O)CSCc1nc2c(c(=O)[nH]c(=O)n2C)n1CCc1ccccc1. The Balaban J connectivity index is 1.87. The van der Waals surface area contributed by atoms with Gasteiger partial charge in [-0.2, -0.15) is 0 Å². The van der Waals surface area contributed by atoms with E-state index in [1.54, 1.807) is 7.05 Å². The Bertz CT molecular complexity index is 1100. The second-order valence-corrected chi connectivity index (χ2v) is 7.60. The van der Waals surface area contributed by atoms with E-state index in [-0.39, 0.29) is 11.7 Å². The average Bonchev–Trinajstić information content (AvgIpc) is 3.09. The van der Waals surface area contributed by atoms with Crippen LogP contribution in [-0.2, 0) is 35.3 Å². The second kappa shape index (κ2) is 9.60. The second-order valence-electron chi connectivity index (χ2n) is 6.62. The van der Waals surface area contributed by atoms with Crippen LogP contribution in [0.15, 0.2) is 39.9 Å². The van der Waals surface area contributed by atoms with Gasteiger partial charge in [0, 0.05) is 13.6 Å². The van der Waals surface area contributed by atoms with Gasteiger partial charge >= 0.3 is 11.7 Å². The number of ether oxygens (including phenoxy) is 1. The highest BCUT2D eigenvalue weighted by molar-refractivity contribution is 7.99. The Kier molecular flexibility index (Phi) is 6.92. The van der Waals surface area contributed by atoms with E-state index in [1.165, 1.54) is 16.3 Å². The molecule has 3 aromatic rings. The number of carbonyl (C=O) groups is 1. The molecule has 0 aliphatic carbocycles.